The number of alkyl halides is 3. The van der Waals surface area contributed by atoms with E-state index < -0.39 is 11.7 Å². The highest BCUT2D eigenvalue weighted by Crippen LogP contribution is 2.32. The Hall–Kier alpha value is -3.28. The number of aromatic nitrogens is 4. The van der Waals surface area contributed by atoms with Crippen LogP contribution in [0, 0.1) is 6.92 Å². The van der Waals surface area contributed by atoms with Crippen molar-refractivity contribution >= 4 is 34.7 Å². The number of hydrogen-bond acceptors (Lipinski definition) is 7. The van der Waals surface area contributed by atoms with Crippen LogP contribution in [-0.2, 0) is 23.3 Å². The van der Waals surface area contributed by atoms with Gasteiger partial charge in [-0.15, -0.1) is 11.8 Å². The lowest BCUT2D eigenvalue weighted by Gasteiger charge is -2.09. The van der Waals surface area contributed by atoms with Crippen LogP contribution in [0.1, 0.15) is 23.0 Å². The van der Waals surface area contributed by atoms with Gasteiger partial charge in [-0.25, -0.2) is 4.98 Å². The van der Waals surface area contributed by atoms with Crippen LogP contribution >= 0.6 is 11.8 Å². The average Bonchev–Trinajstić information content (AvgIpc) is 3.43. The summed E-state index contributed by atoms with van der Waals surface area (Å²) in [5.74, 6) is 1.69. The molecule has 4 aromatic rings. The predicted molar refractivity (Wildman–Crippen MR) is 106 cm³/mol. The van der Waals surface area contributed by atoms with Crippen LogP contribution in [0.15, 0.2) is 45.5 Å². The minimum Gasteiger partial charge on any atom is -0.467 e. The van der Waals surface area contributed by atoms with Gasteiger partial charge in [-0.05, 0) is 30.3 Å². The van der Waals surface area contributed by atoms with Crippen molar-refractivity contribution in [3.05, 3.63) is 59.6 Å². The smallest absolute Gasteiger partial charge is 0.416 e. The molecule has 1 N–H and O–H groups in total. The molecular weight excluding hydrogens is 435 g/mol. The Bertz CT molecular complexity index is 1200. The van der Waals surface area contributed by atoms with Gasteiger partial charge in [0.2, 0.25) is 17.7 Å². The molecule has 0 saturated carbocycles. The molecule has 12 heteroatoms. The Morgan fingerprint density at radius 2 is 2.10 bits per heavy atom. The molecule has 0 aliphatic carbocycles. The van der Waals surface area contributed by atoms with E-state index in [1.807, 2.05) is 0 Å². The summed E-state index contributed by atoms with van der Waals surface area (Å²) in [5, 5.41) is 6.42. The van der Waals surface area contributed by atoms with Crippen LogP contribution in [0.4, 0.5) is 19.1 Å². The second-order valence-corrected chi connectivity index (χ2v) is 7.56. The van der Waals surface area contributed by atoms with Gasteiger partial charge in [0, 0.05) is 6.92 Å². The third-order valence-electron chi connectivity index (χ3n) is 4.25. The average molecular weight is 451 g/mol. The van der Waals surface area contributed by atoms with Crippen molar-refractivity contribution in [3.8, 4) is 0 Å². The molecule has 4 rings (SSSR count). The molecular formula is C19H16F3N5O3S. The van der Waals surface area contributed by atoms with Crippen LogP contribution in [0.25, 0.3) is 11.0 Å². The summed E-state index contributed by atoms with van der Waals surface area (Å²) in [6, 6.07) is 6.69. The first-order chi connectivity index (χ1) is 14.8. The summed E-state index contributed by atoms with van der Waals surface area (Å²) in [7, 11) is 0. The first-order valence-corrected chi connectivity index (χ1v) is 10.2. The summed E-state index contributed by atoms with van der Waals surface area (Å²) in [6.07, 6.45) is -3.00. The fraction of sp³-hybridized carbons (Fsp3) is 0.263. The lowest BCUT2D eigenvalue weighted by Crippen LogP contribution is -2.18. The van der Waals surface area contributed by atoms with Gasteiger partial charge in [0.15, 0.2) is 5.82 Å². The third kappa shape index (κ3) is 4.90. The number of rotatable bonds is 7. The molecule has 0 spiro atoms. The highest BCUT2D eigenvalue weighted by atomic mass is 32.2. The quantitative estimate of drug-likeness (QED) is 0.448. The van der Waals surface area contributed by atoms with Crippen LogP contribution in [-0.4, -0.2) is 31.4 Å². The van der Waals surface area contributed by atoms with Crippen LogP contribution in [0.3, 0.4) is 0 Å². The third-order valence-corrected chi connectivity index (χ3v) is 5.18. The number of carbonyl (C=O) groups excluding carboxylic acids is 1. The number of amides is 1. The first-order valence-electron chi connectivity index (χ1n) is 9.06. The number of aryl methyl sites for hydroxylation is 1. The van der Waals surface area contributed by atoms with Crippen LogP contribution in [0.2, 0.25) is 0 Å². The summed E-state index contributed by atoms with van der Waals surface area (Å²) >= 11 is 1.27. The lowest BCUT2D eigenvalue weighted by atomic mass is 10.2. The number of nitrogens with zero attached hydrogens (tertiary/aromatic N) is 4. The minimum atomic E-state index is -4.49. The van der Waals surface area contributed by atoms with E-state index in [1.165, 1.54) is 24.1 Å². The molecule has 0 fully saturated rings. The molecule has 0 aliphatic heterocycles. The maximum atomic E-state index is 13.1. The van der Waals surface area contributed by atoms with Gasteiger partial charge in [-0.3, -0.25) is 10.1 Å². The van der Waals surface area contributed by atoms with Crippen LogP contribution < -0.4 is 5.32 Å². The SMILES string of the molecule is Cc1nc(CSCC(=O)Nc2nc3cc(C(F)(F)F)ccc3n2Cc2ccco2)no1. The van der Waals surface area contributed by atoms with E-state index in [0.717, 1.165) is 12.1 Å². The number of imidazole rings is 1. The molecule has 31 heavy (non-hydrogen) atoms. The fourth-order valence-corrected chi connectivity index (χ4v) is 3.58. The number of thioether (sulfide) groups is 1. The van der Waals surface area contributed by atoms with Gasteiger partial charge in [-0.1, -0.05) is 5.16 Å². The van der Waals surface area contributed by atoms with Crippen molar-refractivity contribution in [1.82, 2.24) is 19.7 Å². The van der Waals surface area contributed by atoms with Crippen molar-refractivity contribution in [2.24, 2.45) is 0 Å². The summed E-state index contributed by atoms with van der Waals surface area (Å²) in [4.78, 5) is 20.7. The number of fused-ring (bicyclic) bond motifs is 1. The number of carbonyl (C=O) groups is 1. The summed E-state index contributed by atoms with van der Waals surface area (Å²) in [6.45, 7) is 1.86. The number of furan rings is 1. The van der Waals surface area contributed by atoms with Gasteiger partial charge < -0.3 is 13.5 Å². The zero-order valence-electron chi connectivity index (χ0n) is 16.1. The molecule has 3 heterocycles. The molecule has 0 saturated heterocycles. The number of anilines is 1. The Balaban J connectivity index is 1.54. The molecule has 1 amide bonds. The largest absolute Gasteiger partial charge is 0.467 e. The van der Waals surface area contributed by atoms with Gasteiger partial charge in [-0.2, -0.15) is 18.2 Å². The van der Waals surface area contributed by atoms with Crippen LogP contribution in [0.5, 0.6) is 0 Å². The predicted octanol–water partition coefficient (Wildman–Crippen LogP) is 4.26. The highest BCUT2D eigenvalue weighted by molar-refractivity contribution is 7.99. The maximum absolute atomic E-state index is 13.1. The molecule has 0 unspecified atom stereocenters. The Kier molecular flexibility index (Phi) is 5.72. The maximum Gasteiger partial charge on any atom is 0.416 e. The van der Waals surface area contributed by atoms with E-state index in [4.69, 9.17) is 8.94 Å². The summed E-state index contributed by atoms with van der Waals surface area (Å²) < 4.78 is 51.1. The summed E-state index contributed by atoms with van der Waals surface area (Å²) in [5.41, 5.74) is -0.257. The van der Waals surface area contributed by atoms with E-state index in [0.29, 0.717) is 28.7 Å². The van der Waals surface area contributed by atoms with E-state index in [2.05, 4.69) is 20.4 Å². The lowest BCUT2D eigenvalue weighted by molar-refractivity contribution is -0.137. The zero-order chi connectivity index (χ0) is 22.0. The standard InChI is InChI=1S/C19H16F3N5O3S/c1-11-23-16(26-30-11)9-31-10-17(28)25-18-24-14-7-12(19(20,21)22)4-5-15(14)27(18)8-13-3-2-6-29-13/h2-7H,8-10H2,1H3,(H,24,25,28). The molecule has 3 aromatic heterocycles. The van der Waals surface area contributed by atoms with E-state index in [1.54, 1.807) is 23.6 Å². The molecule has 162 valence electrons. The second-order valence-electron chi connectivity index (χ2n) is 6.57. The Morgan fingerprint density at radius 3 is 2.77 bits per heavy atom. The topological polar surface area (TPSA) is 99.0 Å². The molecule has 1 aromatic carbocycles. The normalized spacial score (nSPS) is 11.9. The number of halogens is 3. The highest BCUT2D eigenvalue weighted by Gasteiger charge is 2.31. The van der Waals surface area contributed by atoms with Crippen molar-refractivity contribution in [2.45, 2.75) is 25.4 Å². The van der Waals surface area contributed by atoms with Crippen molar-refractivity contribution in [3.63, 3.8) is 0 Å². The molecule has 0 bridgehead atoms. The zero-order valence-corrected chi connectivity index (χ0v) is 17.0. The first kappa shape index (κ1) is 21.0. The Labute approximate surface area is 177 Å². The van der Waals surface area contributed by atoms with Crippen molar-refractivity contribution in [2.75, 3.05) is 11.1 Å². The second kappa shape index (κ2) is 8.46. The molecule has 0 aliphatic rings. The van der Waals surface area contributed by atoms with Crippen molar-refractivity contribution < 1.29 is 26.9 Å². The number of hydrogen-bond donors (Lipinski definition) is 1. The molecule has 0 radical (unpaired) electrons. The monoisotopic (exact) mass is 451 g/mol. The van der Waals surface area contributed by atoms with E-state index in [-0.39, 0.29) is 29.7 Å². The van der Waals surface area contributed by atoms with Gasteiger partial charge >= 0.3 is 6.18 Å². The molecule has 8 nitrogen and oxygen atoms in total. The fourth-order valence-electron chi connectivity index (χ4n) is 2.92. The van der Waals surface area contributed by atoms with Gasteiger partial charge in [0.05, 0.1) is 40.9 Å². The van der Waals surface area contributed by atoms with Gasteiger partial charge in [0.1, 0.15) is 5.76 Å². The van der Waals surface area contributed by atoms with Gasteiger partial charge in [0.25, 0.3) is 0 Å². The molecule has 0 atom stereocenters. The minimum absolute atomic E-state index is 0.0747. The van der Waals surface area contributed by atoms with E-state index >= 15 is 0 Å². The Morgan fingerprint density at radius 1 is 1.26 bits per heavy atom. The number of benzene rings is 1. The van der Waals surface area contributed by atoms with E-state index in [9.17, 15) is 18.0 Å². The van der Waals surface area contributed by atoms with Crippen molar-refractivity contribution in [1.29, 1.82) is 0 Å². The number of nitrogens with one attached hydrogen (secondary N) is 1.